The van der Waals surface area contributed by atoms with E-state index in [2.05, 4.69) is 4.98 Å². The molecule has 1 aromatic heterocycles. The van der Waals surface area contributed by atoms with Crippen LogP contribution in [0.3, 0.4) is 0 Å². The van der Waals surface area contributed by atoms with E-state index in [1.807, 2.05) is 0 Å². The van der Waals surface area contributed by atoms with Gasteiger partial charge in [0.2, 0.25) is 0 Å². The Hall–Kier alpha value is -0.620. The predicted octanol–water partition coefficient (Wildman–Crippen LogP) is 4.43. The van der Waals surface area contributed by atoms with Gasteiger partial charge in [-0.2, -0.15) is 13.2 Å². The number of aromatic nitrogens is 1. The van der Waals surface area contributed by atoms with E-state index in [-0.39, 0.29) is 5.69 Å². The number of pyridine rings is 1. The van der Waals surface area contributed by atoms with Gasteiger partial charge in [-0.25, -0.2) is 13.8 Å². The molecule has 16 heavy (non-hydrogen) atoms. The lowest BCUT2D eigenvalue weighted by Gasteiger charge is -2.12. The number of halogens is 7. The molecule has 0 bridgehead atoms. The number of nitrogens with zero attached hydrogens (tertiary/aromatic N) is 1. The highest BCUT2D eigenvalue weighted by Crippen LogP contribution is 2.38. The summed E-state index contributed by atoms with van der Waals surface area (Å²) in [5, 5.41) is -1.09. The van der Waals surface area contributed by atoms with Crippen molar-refractivity contribution in [2.75, 3.05) is 0 Å². The molecule has 0 radical (unpaired) electrons. The highest BCUT2D eigenvalue weighted by molar-refractivity contribution is 6.32. The van der Waals surface area contributed by atoms with Crippen LogP contribution in [0, 0.1) is 0 Å². The molecular formula is C8H4Cl2F5N. The molecule has 0 aliphatic rings. The molecular weight excluding hydrogens is 276 g/mol. The third-order valence-corrected chi connectivity index (χ3v) is 2.35. The van der Waals surface area contributed by atoms with E-state index in [0.717, 1.165) is 6.07 Å². The van der Waals surface area contributed by atoms with Gasteiger partial charge in [0.25, 0.3) is 6.43 Å². The van der Waals surface area contributed by atoms with Crippen molar-refractivity contribution in [2.24, 2.45) is 0 Å². The first kappa shape index (κ1) is 13.4. The predicted molar refractivity (Wildman–Crippen MR) is 48.8 cm³/mol. The van der Waals surface area contributed by atoms with Crippen LogP contribution < -0.4 is 0 Å². The first-order valence-corrected chi connectivity index (χ1v) is 4.79. The number of rotatable bonds is 2. The molecule has 8 heteroatoms. The normalized spacial score (nSPS) is 12.2. The summed E-state index contributed by atoms with van der Waals surface area (Å²) in [6.07, 6.45) is -8.00. The molecule has 0 aliphatic heterocycles. The maximum atomic E-state index is 12.4. The lowest BCUT2D eigenvalue weighted by molar-refractivity contribution is -0.141. The van der Waals surface area contributed by atoms with Gasteiger partial charge in [0, 0.05) is 5.56 Å². The molecule has 0 saturated heterocycles. The Labute approximate surface area is 97.2 Å². The van der Waals surface area contributed by atoms with Crippen LogP contribution in [-0.2, 0) is 12.1 Å². The van der Waals surface area contributed by atoms with Crippen LogP contribution in [0.15, 0.2) is 6.07 Å². The molecule has 0 spiro atoms. The smallest absolute Gasteiger partial charge is 0.246 e. The van der Waals surface area contributed by atoms with Gasteiger partial charge in [0.15, 0.2) is 5.69 Å². The summed E-state index contributed by atoms with van der Waals surface area (Å²) < 4.78 is 61.9. The molecule has 0 saturated carbocycles. The van der Waals surface area contributed by atoms with E-state index < -0.39 is 34.8 Å². The minimum atomic E-state index is -4.89. The fourth-order valence-corrected chi connectivity index (χ4v) is 1.44. The average molecular weight is 280 g/mol. The lowest BCUT2D eigenvalue weighted by Crippen LogP contribution is -2.12. The van der Waals surface area contributed by atoms with Gasteiger partial charge in [-0.15, -0.1) is 11.6 Å². The zero-order valence-corrected chi connectivity index (χ0v) is 8.97. The van der Waals surface area contributed by atoms with Gasteiger partial charge >= 0.3 is 6.18 Å². The Balaban J connectivity index is 3.44. The van der Waals surface area contributed by atoms with Gasteiger partial charge in [-0.05, 0) is 6.07 Å². The van der Waals surface area contributed by atoms with Gasteiger partial charge in [0.1, 0.15) is 0 Å². The quantitative estimate of drug-likeness (QED) is 0.576. The molecule has 1 aromatic rings. The largest absolute Gasteiger partial charge is 0.434 e. The molecule has 1 heterocycles. The first-order valence-electron chi connectivity index (χ1n) is 3.88. The summed E-state index contributed by atoms with van der Waals surface area (Å²) in [6, 6.07) is 0.759. The van der Waals surface area contributed by atoms with E-state index in [1.165, 1.54) is 0 Å². The van der Waals surface area contributed by atoms with Crippen LogP contribution in [0.25, 0.3) is 0 Å². The van der Waals surface area contributed by atoms with E-state index in [1.54, 1.807) is 0 Å². The van der Waals surface area contributed by atoms with Crippen molar-refractivity contribution in [2.45, 2.75) is 18.5 Å². The molecule has 90 valence electrons. The summed E-state index contributed by atoms with van der Waals surface area (Å²) in [5.41, 5.74) is -2.75. The fourth-order valence-electron chi connectivity index (χ4n) is 1.02. The molecule has 0 N–H and O–H groups in total. The third-order valence-electron chi connectivity index (χ3n) is 1.68. The van der Waals surface area contributed by atoms with Crippen molar-refractivity contribution >= 4 is 23.2 Å². The number of hydrogen-bond donors (Lipinski definition) is 0. The number of hydrogen-bond acceptors (Lipinski definition) is 1. The zero-order valence-electron chi connectivity index (χ0n) is 7.45. The molecule has 0 atom stereocenters. The second-order valence-corrected chi connectivity index (χ2v) is 3.44. The second-order valence-electron chi connectivity index (χ2n) is 2.80. The molecule has 0 fully saturated rings. The summed E-state index contributed by atoms with van der Waals surface area (Å²) in [7, 11) is 0. The third kappa shape index (κ3) is 2.74. The van der Waals surface area contributed by atoms with Crippen molar-refractivity contribution in [1.29, 1.82) is 0 Å². The summed E-state index contributed by atoms with van der Waals surface area (Å²) >= 11 is 10.5. The lowest BCUT2D eigenvalue weighted by atomic mass is 10.2. The van der Waals surface area contributed by atoms with E-state index >= 15 is 0 Å². The van der Waals surface area contributed by atoms with Gasteiger partial charge in [-0.1, -0.05) is 11.6 Å². The van der Waals surface area contributed by atoms with Crippen molar-refractivity contribution in [3.8, 4) is 0 Å². The van der Waals surface area contributed by atoms with Crippen molar-refractivity contribution in [1.82, 2.24) is 4.98 Å². The van der Waals surface area contributed by atoms with E-state index in [4.69, 9.17) is 23.2 Å². The van der Waals surface area contributed by atoms with E-state index in [9.17, 15) is 22.0 Å². The van der Waals surface area contributed by atoms with Crippen molar-refractivity contribution in [3.05, 3.63) is 28.0 Å². The standard InChI is InChI=1S/C8H4Cl2F5N/c9-2-3-1-4(7(11)12)5(10)6(16-3)8(13,14)15/h1,7H,2H2. The topological polar surface area (TPSA) is 12.9 Å². The minimum Gasteiger partial charge on any atom is -0.246 e. The maximum Gasteiger partial charge on any atom is 0.434 e. The Bertz CT molecular complexity index is 391. The van der Waals surface area contributed by atoms with Gasteiger partial charge in [0.05, 0.1) is 16.6 Å². The monoisotopic (exact) mass is 279 g/mol. The van der Waals surface area contributed by atoms with Crippen LogP contribution in [-0.4, -0.2) is 4.98 Å². The summed E-state index contributed by atoms with van der Waals surface area (Å²) in [6.45, 7) is 0. The van der Waals surface area contributed by atoms with Crippen LogP contribution in [0.4, 0.5) is 22.0 Å². The first-order chi connectivity index (χ1) is 7.27. The van der Waals surface area contributed by atoms with Gasteiger partial charge < -0.3 is 0 Å². The molecule has 1 rings (SSSR count). The Morgan fingerprint density at radius 2 is 1.88 bits per heavy atom. The Morgan fingerprint density at radius 3 is 2.25 bits per heavy atom. The van der Waals surface area contributed by atoms with E-state index in [0.29, 0.717) is 0 Å². The van der Waals surface area contributed by atoms with Gasteiger partial charge in [-0.3, -0.25) is 0 Å². The molecule has 0 amide bonds. The molecule has 0 aliphatic carbocycles. The van der Waals surface area contributed by atoms with Crippen LogP contribution in [0.5, 0.6) is 0 Å². The van der Waals surface area contributed by atoms with Crippen molar-refractivity contribution < 1.29 is 22.0 Å². The summed E-state index contributed by atoms with van der Waals surface area (Å²) in [4.78, 5) is 3.08. The fraction of sp³-hybridized carbons (Fsp3) is 0.375. The zero-order chi connectivity index (χ0) is 12.5. The second kappa shape index (κ2) is 4.71. The Kier molecular flexibility index (Phi) is 3.96. The minimum absolute atomic E-state index is 0.298. The maximum absolute atomic E-state index is 12.4. The van der Waals surface area contributed by atoms with Crippen molar-refractivity contribution in [3.63, 3.8) is 0 Å². The Morgan fingerprint density at radius 1 is 1.31 bits per heavy atom. The van der Waals surface area contributed by atoms with Crippen LogP contribution in [0.1, 0.15) is 23.4 Å². The van der Waals surface area contributed by atoms with Crippen LogP contribution >= 0.6 is 23.2 Å². The molecule has 0 aromatic carbocycles. The molecule has 1 nitrogen and oxygen atoms in total. The van der Waals surface area contributed by atoms with Crippen LogP contribution in [0.2, 0.25) is 5.02 Å². The highest BCUT2D eigenvalue weighted by Gasteiger charge is 2.37. The average Bonchev–Trinajstić information content (AvgIpc) is 2.15. The summed E-state index contributed by atoms with van der Waals surface area (Å²) in [5.74, 6) is -0.403. The number of alkyl halides is 6. The SMILES string of the molecule is FC(F)c1cc(CCl)nc(C(F)(F)F)c1Cl. The highest BCUT2D eigenvalue weighted by atomic mass is 35.5. The molecule has 0 unspecified atom stereocenters.